The quantitative estimate of drug-likeness (QED) is 0.418. The number of non-ortho nitro benzene ring substituents is 1. The second-order valence-electron chi connectivity index (χ2n) is 5.27. The van der Waals surface area contributed by atoms with E-state index in [0.29, 0.717) is 20.9 Å². The standard InChI is InChI=1S/C17H10N4O3S/c22-16-14(10-11-4-2-1-3-5-11)25-17-19-18-15(20(16)17)12-6-8-13(9-7-12)21(23)24/h1-10H. The van der Waals surface area contributed by atoms with E-state index < -0.39 is 4.92 Å². The molecule has 7 nitrogen and oxygen atoms in total. The van der Waals surface area contributed by atoms with Crippen molar-refractivity contribution in [3.63, 3.8) is 0 Å². The van der Waals surface area contributed by atoms with Crippen LogP contribution in [-0.4, -0.2) is 19.5 Å². The molecule has 0 aliphatic heterocycles. The van der Waals surface area contributed by atoms with Gasteiger partial charge in [0.25, 0.3) is 11.2 Å². The fourth-order valence-electron chi connectivity index (χ4n) is 2.48. The van der Waals surface area contributed by atoms with E-state index in [1.165, 1.54) is 27.9 Å². The average molecular weight is 350 g/mol. The van der Waals surface area contributed by atoms with Crippen LogP contribution in [0.15, 0.2) is 59.4 Å². The lowest BCUT2D eigenvalue weighted by atomic mass is 10.2. The zero-order chi connectivity index (χ0) is 17.4. The van der Waals surface area contributed by atoms with E-state index in [1.807, 2.05) is 30.3 Å². The van der Waals surface area contributed by atoms with Crippen LogP contribution in [0.4, 0.5) is 5.69 Å². The number of hydrogen-bond acceptors (Lipinski definition) is 6. The van der Waals surface area contributed by atoms with E-state index in [2.05, 4.69) is 10.2 Å². The monoisotopic (exact) mass is 350 g/mol. The van der Waals surface area contributed by atoms with Crippen molar-refractivity contribution in [2.75, 3.05) is 0 Å². The minimum absolute atomic E-state index is 0.0183. The highest BCUT2D eigenvalue weighted by atomic mass is 32.1. The van der Waals surface area contributed by atoms with Crippen LogP contribution in [0, 0.1) is 10.1 Å². The van der Waals surface area contributed by atoms with Gasteiger partial charge in [-0.05, 0) is 23.8 Å². The molecule has 0 radical (unpaired) electrons. The van der Waals surface area contributed by atoms with Gasteiger partial charge in [0.2, 0.25) is 4.96 Å². The average Bonchev–Trinajstić information content (AvgIpc) is 3.17. The molecule has 0 amide bonds. The molecule has 122 valence electrons. The second-order valence-corrected chi connectivity index (χ2v) is 6.28. The lowest BCUT2D eigenvalue weighted by Crippen LogP contribution is -2.23. The maximum absolute atomic E-state index is 12.7. The molecule has 0 atom stereocenters. The highest BCUT2D eigenvalue weighted by Gasteiger charge is 2.15. The number of benzene rings is 2. The Labute approximate surface area is 144 Å². The highest BCUT2D eigenvalue weighted by molar-refractivity contribution is 7.15. The molecule has 8 heteroatoms. The first kappa shape index (κ1) is 15.2. The molecule has 4 aromatic rings. The Balaban J connectivity index is 1.86. The number of aromatic nitrogens is 3. The number of rotatable bonds is 3. The number of nitro groups is 1. The summed E-state index contributed by atoms with van der Waals surface area (Å²) >= 11 is 1.26. The molecule has 0 unspecified atom stereocenters. The van der Waals surface area contributed by atoms with Gasteiger partial charge in [-0.25, -0.2) is 4.40 Å². The fraction of sp³-hybridized carbons (Fsp3) is 0. The van der Waals surface area contributed by atoms with Crippen LogP contribution in [0.25, 0.3) is 22.4 Å². The Morgan fingerprint density at radius 2 is 1.76 bits per heavy atom. The summed E-state index contributed by atoms with van der Waals surface area (Å²) in [7, 11) is 0. The van der Waals surface area contributed by atoms with Crippen molar-refractivity contribution in [2.45, 2.75) is 0 Å². The first-order valence-corrected chi connectivity index (χ1v) is 8.15. The highest BCUT2D eigenvalue weighted by Crippen LogP contribution is 2.21. The summed E-state index contributed by atoms with van der Waals surface area (Å²) in [5, 5.41) is 18.9. The Kier molecular flexibility index (Phi) is 3.58. The van der Waals surface area contributed by atoms with Gasteiger partial charge in [-0.15, -0.1) is 10.2 Å². The lowest BCUT2D eigenvalue weighted by molar-refractivity contribution is -0.384. The maximum Gasteiger partial charge on any atom is 0.276 e. The molecule has 0 spiro atoms. The Bertz CT molecular complexity index is 1180. The Morgan fingerprint density at radius 1 is 1.04 bits per heavy atom. The van der Waals surface area contributed by atoms with Gasteiger partial charge < -0.3 is 0 Å². The van der Waals surface area contributed by atoms with E-state index in [4.69, 9.17) is 0 Å². The largest absolute Gasteiger partial charge is 0.276 e. The number of hydrogen-bond donors (Lipinski definition) is 0. The zero-order valence-electron chi connectivity index (χ0n) is 12.7. The minimum Gasteiger partial charge on any atom is -0.267 e. The van der Waals surface area contributed by atoms with Gasteiger partial charge in [-0.2, -0.15) is 0 Å². The van der Waals surface area contributed by atoms with Crippen molar-refractivity contribution in [2.24, 2.45) is 0 Å². The predicted molar refractivity (Wildman–Crippen MR) is 94.5 cm³/mol. The molecular formula is C17H10N4O3S. The molecule has 0 fully saturated rings. The lowest BCUT2D eigenvalue weighted by Gasteiger charge is -1.96. The van der Waals surface area contributed by atoms with Crippen LogP contribution in [0.2, 0.25) is 0 Å². The Hall–Kier alpha value is -3.39. The second kappa shape index (κ2) is 5.91. The zero-order valence-corrected chi connectivity index (χ0v) is 13.5. The van der Waals surface area contributed by atoms with E-state index in [0.717, 1.165) is 5.56 Å². The van der Waals surface area contributed by atoms with Crippen molar-refractivity contribution >= 4 is 28.1 Å². The molecule has 2 aromatic carbocycles. The van der Waals surface area contributed by atoms with E-state index >= 15 is 0 Å². The van der Waals surface area contributed by atoms with Gasteiger partial charge in [0.1, 0.15) is 0 Å². The molecule has 0 saturated heterocycles. The van der Waals surface area contributed by atoms with Crippen LogP contribution in [-0.2, 0) is 0 Å². The first-order chi connectivity index (χ1) is 12.1. The number of thiazole rings is 1. The topological polar surface area (TPSA) is 90.4 Å². The molecule has 2 heterocycles. The minimum atomic E-state index is -0.472. The van der Waals surface area contributed by atoms with Crippen LogP contribution in [0.1, 0.15) is 5.56 Å². The third-order valence-corrected chi connectivity index (χ3v) is 4.64. The maximum atomic E-state index is 12.7. The van der Waals surface area contributed by atoms with Gasteiger partial charge in [0.15, 0.2) is 5.82 Å². The van der Waals surface area contributed by atoms with Crippen molar-refractivity contribution in [1.29, 1.82) is 0 Å². The summed E-state index contributed by atoms with van der Waals surface area (Å²) in [5.41, 5.74) is 1.30. The van der Waals surface area contributed by atoms with E-state index in [1.54, 1.807) is 18.2 Å². The predicted octanol–water partition coefficient (Wildman–Crippen LogP) is 2.27. The van der Waals surface area contributed by atoms with E-state index in [9.17, 15) is 14.9 Å². The molecule has 0 bridgehead atoms. The molecular weight excluding hydrogens is 340 g/mol. The summed E-state index contributed by atoms with van der Waals surface area (Å²) in [5.74, 6) is 0.374. The van der Waals surface area contributed by atoms with Gasteiger partial charge in [-0.1, -0.05) is 41.7 Å². The van der Waals surface area contributed by atoms with Crippen molar-refractivity contribution in [3.8, 4) is 11.4 Å². The summed E-state index contributed by atoms with van der Waals surface area (Å²) in [4.78, 5) is 23.5. The third kappa shape index (κ3) is 2.68. The molecule has 0 N–H and O–H groups in total. The normalized spacial score (nSPS) is 11.9. The molecule has 0 aliphatic carbocycles. The molecule has 25 heavy (non-hydrogen) atoms. The first-order valence-electron chi connectivity index (χ1n) is 7.33. The Morgan fingerprint density at radius 3 is 2.44 bits per heavy atom. The summed E-state index contributed by atoms with van der Waals surface area (Å²) < 4.78 is 1.99. The molecule has 0 saturated carbocycles. The van der Waals surface area contributed by atoms with Crippen molar-refractivity contribution < 1.29 is 4.92 Å². The van der Waals surface area contributed by atoms with Crippen LogP contribution in [0.3, 0.4) is 0 Å². The van der Waals surface area contributed by atoms with Crippen molar-refractivity contribution in [1.82, 2.24) is 14.6 Å². The summed E-state index contributed by atoms with van der Waals surface area (Å²) in [6.45, 7) is 0. The fourth-order valence-corrected chi connectivity index (χ4v) is 3.39. The van der Waals surface area contributed by atoms with Gasteiger partial charge in [-0.3, -0.25) is 14.9 Å². The van der Waals surface area contributed by atoms with Crippen molar-refractivity contribution in [3.05, 3.63) is 85.2 Å². The van der Waals surface area contributed by atoms with Crippen LogP contribution in [0.5, 0.6) is 0 Å². The van der Waals surface area contributed by atoms with Gasteiger partial charge in [0.05, 0.1) is 9.46 Å². The third-order valence-electron chi connectivity index (χ3n) is 3.68. The summed E-state index contributed by atoms with van der Waals surface area (Å²) in [6, 6.07) is 15.4. The smallest absolute Gasteiger partial charge is 0.267 e. The SMILES string of the molecule is O=c1c(=Cc2ccccc2)sc2nnc(-c3ccc([N+](=O)[O-])cc3)n12. The summed E-state index contributed by atoms with van der Waals surface area (Å²) in [6.07, 6.45) is 1.81. The molecule has 0 aliphatic rings. The number of nitro benzene ring substituents is 1. The number of nitrogens with zero attached hydrogens (tertiary/aromatic N) is 4. The van der Waals surface area contributed by atoms with Crippen LogP contribution < -0.4 is 10.1 Å². The van der Waals surface area contributed by atoms with E-state index in [-0.39, 0.29) is 11.2 Å². The molecule has 4 rings (SSSR count). The van der Waals surface area contributed by atoms with Gasteiger partial charge >= 0.3 is 0 Å². The molecule has 2 aromatic heterocycles. The van der Waals surface area contributed by atoms with Crippen LogP contribution >= 0.6 is 11.3 Å². The number of fused-ring (bicyclic) bond motifs is 1. The van der Waals surface area contributed by atoms with Gasteiger partial charge in [0, 0.05) is 17.7 Å².